The van der Waals surface area contributed by atoms with Gasteiger partial charge < -0.3 is 5.32 Å². The Morgan fingerprint density at radius 1 is 1.19 bits per heavy atom. The van der Waals surface area contributed by atoms with Gasteiger partial charge in [0.2, 0.25) is 0 Å². The number of hydrogen-bond acceptors (Lipinski definition) is 5. The van der Waals surface area contributed by atoms with E-state index in [2.05, 4.69) is 30.5 Å². The molecular formula is C15H16N6. The molecular weight excluding hydrogens is 264 g/mol. The third kappa shape index (κ3) is 2.89. The lowest BCUT2D eigenvalue weighted by Crippen LogP contribution is -2.09. The fourth-order valence-corrected chi connectivity index (χ4v) is 2.11. The summed E-state index contributed by atoms with van der Waals surface area (Å²) in [5.41, 5.74) is 2.81. The van der Waals surface area contributed by atoms with E-state index >= 15 is 0 Å². The van der Waals surface area contributed by atoms with Crippen LogP contribution in [-0.2, 0) is 0 Å². The van der Waals surface area contributed by atoms with Crippen molar-refractivity contribution in [1.82, 2.24) is 25.1 Å². The highest BCUT2D eigenvalue weighted by molar-refractivity contribution is 5.73. The molecule has 0 aliphatic heterocycles. The first-order valence-electron chi connectivity index (χ1n) is 6.75. The molecule has 1 atom stereocenters. The Kier molecular flexibility index (Phi) is 3.59. The van der Waals surface area contributed by atoms with Gasteiger partial charge in [-0.3, -0.25) is 15.1 Å². The number of aromatic amines is 1. The first-order valence-corrected chi connectivity index (χ1v) is 6.75. The second-order valence-electron chi connectivity index (χ2n) is 4.79. The predicted octanol–water partition coefficient (Wildman–Crippen LogP) is 2.74. The summed E-state index contributed by atoms with van der Waals surface area (Å²) in [6.07, 6.45) is 5.12. The third-order valence-electron chi connectivity index (χ3n) is 3.16. The quantitative estimate of drug-likeness (QED) is 0.768. The van der Waals surface area contributed by atoms with E-state index in [1.807, 2.05) is 38.1 Å². The van der Waals surface area contributed by atoms with Gasteiger partial charge in [0, 0.05) is 23.6 Å². The van der Waals surface area contributed by atoms with Crippen molar-refractivity contribution in [1.29, 1.82) is 0 Å². The van der Waals surface area contributed by atoms with Gasteiger partial charge in [0.25, 0.3) is 0 Å². The van der Waals surface area contributed by atoms with Crippen LogP contribution in [0.4, 0.5) is 5.69 Å². The molecule has 2 aromatic heterocycles. The van der Waals surface area contributed by atoms with Crippen LogP contribution in [0.1, 0.15) is 24.5 Å². The van der Waals surface area contributed by atoms with Gasteiger partial charge in [0.05, 0.1) is 17.9 Å². The predicted molar refractivity (Wildman–Crippen MR) is 80.6 cm³/mol. The molecule has 106 valence electrons. The summed E-state index contributed by atoms with van der Waals surface area (Å²) >= 11 is 0. The number of aryl methyl sites for hydroxylation is 1. The van der Waals surface area contributed by atoms with Crippen molar-refractivity contribution in [3.8, 4) is 11.4 Å². The van der Waals surface area contributed by atoms with Gasteiger partial charge in [-0.15, -0.1) is 0 Å². The van der Waals surface area contributed by atoms with Crippen LogP contribution in [0.5, 0.6) is 0 Å². The number of nitrogens with zero attached hydrogens (tertiary/aromatic N) is 4. The smallest absolute Gasteiger partial charge is 0.183 e. The number of anilines is 1. The number of hydrogen-bond donors (Lipinski definition) is 2. The highest BCUT2D eigenvalue weighted by Gasteiger charge is 2.12. The average molecular weight is 280 g/mol. The van der Waals surface area contributed by atoms with Crippen LogP contribution in [-0.4, -0.2) is 25.1 Å². The SMILES string of the molecule is Cc1nc(-c2ccccc2NC(C)c2cnccn2)n[nH]1. The van der Waals surface area contributed by atoms with Crippen molar-refractivity contribution in [2.24, 2.45) is 0 Å². The molecule has 0 saturated heterocycles. The van der Waals surface area contributed by atoms with Gasteiger partial charge in [-0.05, 0) is 26.0 Å². The van der Waals surface area contributed by atoms with E-state index in [9.17, 15) is 0 Å². The minimum Gasteiger partial charge on any atom is -0.376 e. The molecule has 1 unspecified atom stereocenters. The lowest BCUT2D eigenvalue weighted by atomic mass is 10.1. The van der Waals surface area contributed by atoms with Crippen molar-refractivity contribution in [3.63, 3.8) is 0 Å². The van der Waals surface area contributed by atoms with Gasteiger partial charge >= 0.3 is 0 Å². The largest absolute Gasteiger partial charge is 0.376 e. The summed E-state index contributed by atoms with van der Waals surface area (Å²) < 4.78 is 0. The highest BCUT2D eigenvalue weighted by atomic mass is 15.2. The van der Waals surface area contributed by atoms with Crippen molar-refractivity contribution in [2.75, 3.05) is 5.32 Å². The maximum absolute atomic E-state index is 4.39. The van der Waals surface area contributed by atoms with Crippen molar-refractivity contribution >= 4 is 5.69 Å². The Labute approximate surface area is 122 Å². The first kappa shape index (κ1) is 13.2. The summed E-state index contributed by atoms with van der Waals surface area (Å²) in [4.78, 5) is 12.8. The Morgan fingerprint density at radius 3 is 2.76 bits per heavy atom. The lowest BCUT2D eigenvalue weighted by Gasteiger charge is -2.16. The maximum Gasteiger partial charge on any atom is 0.183 e. The average Bonchev–Trinajstić information content (AvgIpc) is 2.95. The van der Waals surface area contributed by atoms with Crippen LogP contribution in [0.15, 0.2) is 42.9 Å². The van der Waals surface area contributed by atoms with Crippen molar-refractivity contribution in [3.05, 3.63) is 54.4 Å². The van der Waals surface area contributed by atoms with Crippen LogP contribution in [0.25, 0.3) is 11.4 Å². The highest BCUT2D eigenvalue weighted by Crippen LogP contribution is 2.27. The second kappa shape index (κ2) is 5.70. The molecule has 0 aliphatic rings. The van der Waals surface area contributed by atoms with Crippen LogP contribution in [0.2, 0.25) is 0 Å². The van der Waals surface area contributed by atoms with Crippen LogP contribution < -0.4 is 5.32 Å². The van der Waals surface area contributed by atoms with Gasteiger partial charge in [0.1, 0.15) is 5.82 Å². The van der Waals surface area contributed by atoms with E-state index in [4.69, 9.17) is 0 Å². The van der Waals surface area contributed by atoms with Crippen LogP contribution in [0, 0.1) is 6.92 Å². The van der Waals surface area contributed by atoms with E-state index < -0.39 is 0 Å². The summed E-state index contributed by atoms with van der Waals surface area (Å²) in [5, 5.41) is 10.5. The van der Waals surface area contributed by atoms with Crippen LogP contribution >= 0.6 is 0 Å². The van der Waals surface area contributed by atoms with Crippen LogP contribution in [0.3, 0.4) is 0 Å². The maximum atomic E-state index is 4.39. The molecule has 0 aliphatic carbocycles. The molecule has 6 heteroatoms. The molecule has 0 fully saturated rings. The molecule has 0 amide bonds. The zero-order valence-electron chi connectivity index (χ0n) is 11.9. The summed E-state index contributed by atoms with van der Waals surface area (Å²) in [7, 11) is 0. The minimum atomic E-state index is 0.0416. The fourth-order valence-electron chi connectivity index (χ4n) is 2.11. The first-order chi connectivity index (χ1) is 10.2. The standard InChI is InChI=1S/C15H16N6/c1-10(14-9-16-7-8-17-14)18-13-6-4-3-5-12(13)15-19-11(2)20-21-15/h3-10,18H,1-2H3,(H,19,20,21). The monoisotopic (exact) mass is 280 g/mol. The number of nitrogens with one attached hydrogen (secondary N) is 2. The lowest BCUT2D eigenvalue weighted by molar-refractivity contribution is 0.827. The van der Waals surface area contributed by atoms with E-state index in [1.54, 1.807) is 18.6 Å². The number of benzene rings is 1. The van der Waals surface area contributed by atoms with E-state index in [-0.39, 0.29) is 6.04 Å². The van der Waals surface area contributed by atoms with Gasteiger partial charge in [0.15, 0.2) is 5.82 Å². The zero-order valence-corrected chi connectivity index (χ0v) is 11.9. The minimum absolute atomic E-state index is 0.0416. The molecule has 0 spiro atoms. The summed E-state index contributed by atoms with van der Waals surface area (Å²) in [5.74, 6) is 1.48. The number of rotatable bonds is 4. The molecule has 3 rings (SSSR count). The Balaban J connectivity index is 1.89. The Morgan fingerprint density at radius 2 is 2.05 bits per heavy atom. The molecule has 21 heavy (non-hydrogen) atoms. The summed E-state index contributed by atoms with van der Waals surface area (Å²) in [6, 6.07) is 8.00. The van der Waals surface area contributed by atoms with Gasteiger partial charge in [-0.25, -0.2) is 4.98 Å². The van der Waals surface area contributed by atoms with Gasteiger partial charge in [-0.2, -0.15) is 5.10 Å². The molecule has 3 aromatic rings. The molecule has 0 radical (unpaired) electrons. The van der Waals surface area contributed by atoms with Crippen molar-refractivity contribution in [2.45, 2.75) is 19.9 Å². The molecule has 1 aromatic carbocycles. The number of aromatic nitrogens is 5. The molecule has 2 N–H and O–H groups in total. The van der Waals surface area contributed by atoms with Crippen molar-refractivity contribution < 1.29 is 0 Å². The van der Waals surface area contributed by atoms with Gasteiger partial charge in [-0.1, -0.05) is 12.1 Å². The molecule has 0 bridgehead atoms. The zero-order chi connectivity index (χ0) is 14.7. The Hall–Kier alpha value is -2.76. The number of para-hydroxylation sites is 1. The molecule has 6 nitrogen and oxygen atoms in total. The normalized spacial score (nSPS) is 12.1. The second-order valence-corrected chi connectivity index (χ2v) is 4.79. The molecule has 2 heterocycles. The van der Waals surface area contributed by atoms with E-state index in [0.29, 0.717) is 5.82 Å². The third-order valence-corrected chi connectivity index (χ3v) is 3.16. The topological polar surface area (TPSA) is 79.4 Å². The number of H-pyrrole nitrogens is 1. The van der Waals surface area contributed by atoms with E-state index in [0.717, 1.165) is 22.8 Å². The molecule has 0 saturated carbocycles. The van der Waals surface area contributed by atoms with E-state index in [1.165, 1.54) is 0 Å². The summed E-state index contributed by atoms with van der Waals surface area (Å²) in [6.45, 7) is 3.93. The fraction of sp³-hybridized carbons (Fsp3) is 0.200. The Bertz CT molecular complexity index is 722.